The molecule has 0 fully saturated rings. The lowest BCUT2D eigenvalue weighted by Gasteiger charge is -2.15. The van der Waals surface area contributed by atoms with Crippen LogP contribution in [0.5, 0.6) is 0 Å². The lowest BCUT2D eigenvalue weighted by atomic mass is 10.2. The third kappa shape index (κ3) is 3.13. The Morgan fingerprint density at radius 3 is 2.92 bits per heavy atom. The van der Waals surface area contributed by atoms with Crippen molar-refractivity contribution in [2.45, 2.75) is 13.5 Å². The minimum atomic E-state index is 0.197. The second-order valence-electron chi connectivity index (χ2n) is 3.23. The van der Waals surface area contributed by atoms with Gasteiger partial charge in [0, 0.05) is 19.3 Å². The van der Waals surface area contributed by atoms with Crippen LogP contribution < -0.4 is 0 Å². The monoisotopic (exact) mass is 180 g/mol. The topological polar surface area (TPSA) is 36.4 Å². The number of aliphatic hydroxyl groups excluding tert-OH is 1. The Kier molecular flexibility index (Phi) is 3.86. The highest BCUT2D eigenvalue weighted by atomic mass is 16.3. The van der Waals surface area contributed by atoms with E-state index >= 15 is 0 Å². The molecule has 0 aliphatic heterocycles. The first-order valence-corrected chi connectivity index (χ1v) is 4.44. The van der Waals surface area contributed by atoms with Crippen LogP contribution in [-0.2, 0) is 6.54 Å². The first-order chi connectivity index (χ1) is 6.24. The molecule has 0 bridgehead atoms. The Morgan fingerprint density at radius 1 is 1.54 bits per heavy atom. The molecule has 0 aliphatic rings. The molecular formula is C10H16N2O. The fourth-order valence-corrected chi connectivity index (χ4v) is 1.19. The molecule has 1 N–H and O–H groups in total. The van der Waals surface area contributed by atoms with Crippen molar-refractivity contribution in [1.29, 1.82) is 0 Å². The van der Waals surface area contributed by atoms with Gasteiger partial charge in [-0.15, -0.1) is 0 Å². The van der Waals surface area contributed by atoms with Crippen molar-refractivity contribution in [3.05, 3.63) is 29.6 Å². The maximum Gasteiger partial charge on any atom is 0.0572 e. The van der Waals surface area contributed by atoms with E-state index in [9.17, 15) is 0 Å². The minimum Gasteiger partial charge on any atom is -0.395 e. The van der Waals surface area contributed by atoms with Crippen molar-refractivity contribution >= 4 is 0 Å². The Labute approximate surface area is 79.0 Å². The number of likely N-dealkylation sites (N-methyl/N-ethyl adjacent to an activating group) is 1. The number of rotatable bonds is 4. The molecular weight excluding hydrogens is 164 g/mol. The van der Waals surface area contributed by atoms with Gasteiger partial charge in [0.2, 0.25) is 0 Å². The number of hydrogen-bond acceptors (Lipinski definition) is 3. The van der Waals surface area contributed by atoms with Crippen LogP contribution >= 0.6 is 0 Å². The summed E-state index contributed by atoms with van der Waals surface area (Å²) in [6, 6.07) is 3.99. The molecule has 0 atom stereocenters. The summed E-state index contributed by atoms with van der Waals surface area (Å²) in [5.41, 5.74) is 2.28. The van der Waals surface area contributed by atoms with Crippen molar-refractivity contribution in [2.24, 2.45) is 0 Å². The van der Waals surface area contributed by atoms with Crippen LogP contribution in [0.2, 0.25) is 0 Å². The van der Waals surface area contributed by atoms with E-state index in [-0.39, 0.29) is 6.61 Å². The molecule has 0 saturated heterocycles. The fraction of sp³-hybridized carbons (Fsp3) is 0.500. The summed E-state index contributed by atoms with van der Waals surface area (Å²) < 4.78 is 0. The molecule has 1 rings (SSSR count). The van der Waals surface area contributed by atoms with Gasteiger partial charge in [0.15, 0.2) is 0 Å². The summed E-state index contributed by atoms with van der Waals surface area (Å²) in [5.74, 6) is 0. The van der Waals surface area contributed by atoms with Crippen LogP contribution in [0.3, 0.4) is 0 Å². The summed E-state index contributed by atoms with van der Waals surface area (Å²) in [5, 5.41) is 8.72. The second kappa shape index (κ2) is 4.94. The van der Waals surface area contributed by atoms with Gasteiger partial charge < -0.3 is 5.11 Å². The zero-order valence-corrected chi connectivity index (χ0v) is 8.20. The summed E-state index contributed by atoms with van der Waals surface area (Å²) in [4.78, 5) is 6.33. The lowest BCUT2D eigenvalue weighted by molar-refractivity contribution is 0.216. The summed E-state index contributed by atoms with van der Waals surface area (Å²) >= 11 is 0. The van der Waals surface area contributed by atoms with Gasteiger partial charge in [-0.3, -0.25) is 9.88 Å². The number of aryl methyl sites for hydroxylation is 1. The number of aliphatic hydroxyl groups is 1. The van der Waals surface area contributed by atoms with Crippen molar-refractivity contribution in [1.82, 2.24) is 9.88 Å². The predicted molar refractivity (Wildman–Crippen MR) is 52.4 cm³/mol. The average Bonchev–Trinajstić information content (AvgIpc) is 2.09. The Balaban J connectivity index is 2.58. The van der Waals surface area contributed by atoms with Crippen molar-refractivity contribution in [3.8, 4) is 0 Å². The molecule has 3 heteroatoms. The molecule has 0 aromatic carbocycles. The smallest absolute Gasteiger partial charge is 0.0572 e. The maximum atomic E-state index is 8.72. The number of aromatic nitrogens is 1. The quantitative estimate of drug-likeness (QED) is 0.745. The average molecular weight is 180 g/mol. The fourth-order valence-electron chi connectivity index (χ4n) is 1.19. The standard InChI is InChI=1S/C10H16N2O/c1-9-4-3-5-11-10(9)8-12(2)6-7-13/h3-5,13H,6-8H2,1-2H3. The first-order valence-electron chi connectivity index (χ1n) is 4.44. The molecule has 0 radical (unpaired) electrons. The molecule has 3 nitrogen and oxygen atoms in total. The van der Waals surface area contributed by atoms with Gasteiger partial charge in [-0.25, -0.2) is 0 Å². The molecule has 13 heavy (non-hydrogen) atoms. The highest BCUT2D eigenvalue weighted by Gasteiger charge is 2.02. The summed E-state index contributed by atoms with van der Waals surface area (Å²) in [6.07, 6.45) is 1.80. The van der Waals surface area contributed by atoms with E-state index in [0.29, 0.717) is 6.54 Å². The normalized spacial score (nSPS) is 10.8. The molecule has 0 spiro atoms. The van der Waals surface area contributed by atoms with E-state index < -0.39 is 0 Å². The van der Waals surface area contributed by atoms with Crippen molar-refractivity contribution in [3.63, 3.8) is 0 Å². The molecule has 0 amide bonds. The highest BCUT2D eigenvalue weighted by molar-refractivity contribution is 5.17. The zero-order valence-electron chi connectivity index (χ0n) is 8.20. The van der Waals surface area contributed by atoms with Crippen molar-refractivity contribution < 1.29 is 5.11 Å². The van der Waals surface area contributed by atoms with Gasteiger partial charge in [-0.1, -0.05) is 6.07 Å². The van der Waals surface area contributed by atoms with Crippen LogP contribution in [0.4, 0.5) is 0 Å². The molecule has 72 valence electrons. The van der Waals surface area contributed by atoms with Crippen LogP contribution in [-0.4, -0.2) is 35.2 Å². The SMILES string of the molecule is Cc1cccnc1CN(C)CCO. The predicted octanol–water partition coefficient (Wildman–Crippen LogP) is 0.814. The third-order valence-electron chi connectivity index (χ3n) is 2.02. The summed E-state index contributed by atoms with van der Waals surface area (Å²) in [6.45, 7) is 3.74. The molecule has 0 unspecified atom stereocenters. The van der Waals surface area contributed by atoms with E-state index in [1.807, 2.05) is 13.1 Å². The largest absolute Gasteiger partial charge is 0.395 e. The number of pyridine rings is 1. The maximum absolute atomic E-state index is 8.72. The van der Waals surface area contributed by atoms with Gasteiger partial charge in [0.05, 0.1) is 12.3 Å². The molecule has 1 aromatic heterocycles. The van der Waals surface area contributed by atoms with Crippen molar-refractivity contribution in [2.75, 3.05) is 20.2 Å². The van der Waals surface area contributed by atoms with Gasteiger partial charge in [0.1, 0.15) is 0 Å². The molecule has 0 aliphatic carbocycles. The van der Waals surface area contributed by atoms with Gasteiger partial charge >= 0.3 is 0 Å². The number of nitrogens with zero attached hydrogens (tertiary/aromatic N) is 2. The number of hydrogen-bond donors (Lipinski definition) is 1. The van der Waals surface area contributed by atoms with E-state index in [0.717, 1.165) is 12.2 Å². The zero-order chi connectivity index (χ0) is 9.68. The van der Waals surface area contributed by atoms with E-state index in [1.165, 1.54) is 5.56 Å². The van der Waals surface area contributed by atoms with E-state index in [1.54, 1.807) is 6.20 Å². The third-order valence-corrected chi connectivity index (χ3v) is 2.02. The van der Waals surface area contributed by atoms with Crippen LogP contribution in [0.1, 0.15) is 11.3 Å². The molecule has 1 heterocycles. The highest BCUT2D eigenvalue weighted by Crippen LogP contribution is 2.05. The molecule has 1 aromatic rings. The Bertz CT molecular complexity index is 263. The Morgan fingerprint density at radius 2 is 2.31 bits per heavy atom. The van der Waals surface area contributed by atoms with Crippen LogP contribution in [0.25, 0.3) is 0 Å². The van der Waals surface area contributed by atoms with E-state index in [2.05, 4.69) is 22.9 Å². The lowest BCUT2D eigenvalue weighted by Crippen LogP contribution is -2.22. The first kappa shape index (κ1) is 10.2. The minimum absolute atomic E-state index is 0.197. The second-order valence-corrected chi connectivity index (χ2v) is 3.23. The van der Waals surface area contributed by atoms with Gasteiger partial charge in [-0.05, 0) is 25.6 Å². The van der Waals surface area contributed by atoms with E-state index in [4.69, 9.17) is 5.11 Å². The van der Waals surface area contributed by atoms with Crippen LogP contribution in [0, 0.1) is 6.92 Å². The van der Waals surface area contributed by atoms with Crippen LogP contribution in [0.15, 0.2) is 18.3 Å². The molecule has 0 saturated carbocycles. The van der Waals surface area contributed by atoms with Gasteiger partial charge in [-0.2, -0.15) is 0 Å². The summed E-state index contributed by atoms with van der Waals surface area (Å²) in [7, 11) is 1.98. The Hall–Kier alpha value is -0.930. The van der Waals surface area contributed by atoms with Gasteiger partial charge in [0.25, 0.3) is 0 Å².